The summed E-state index contributed by atoms with van der Waals surface area (Å²) in [5.41, 5.74) is 25.5. The van der Waals surface area contributed by atoms with E-state index in [1.165, 1.54) is 27.3 Å². The van der Waals surface area contributed by atoms with Crippen LogP contribution < -0.4 is 0 Å². The fourth-order valence-corrected chi connectivity index (χ4v) is 17.4. The number of hydrogen-bond acceptors (Lipinski definition) is 4. The van der Waals surface area contributed by atoms with E-state index >= 15 is 0 Å². The molecule has 0 amide bonds. The van der Waals surface area contributed by atoms with E-state index in [4.69, 9.17) is 4.98 Å². The van der Waals surface area contributed by atoms with E-state index in [-0.39, 0.29) is 0 Å². The van der Waals surface area contributed by atoms with Crippen LogP contribution in [-0.2, 0) is 0 Å². The molecule has 108 heavy (non-hydrogen) atoms. The Balaban J connectivity index is 0.795. The number of nitrogens with zero attached hydrogens (tertiary/aromatic N) is 6. The van der Waals surface area contributed by atoms with Gasteiger partial charge < -0.3 is 9.13 Å². The molecule has 4 heterocycles. The molecule has 0 unspecified atom stereocenters. The van der Waals surface area contributed by atoms with Crippen molar-refractivity contribution in [2.24, 2.45) is 0 Å². The molecule has 6 nitrogen and oxygen atoms in total. The van der Waals surface area contributed by atoms with Gasteiger partial charge in [-0.25, -0.2) is 0 Å². The van der Waals surface area contributed by atoms with Gasteiger partial charge in [-0.05, 0) is 253 Å². The van der Waals surface area contributed by atoms with E-state index in [1.807, 2.05) is 42.9 Å². The number of pyridine rings is 2. The summed E-state index contributed by atoms with van der Waals surface area (Å²) in [6, 6.07) is 130. The molecule has 0 radical (unpaired) electrons. The van der Waals surface area contributed by atoms with Crippen LogP contribution in [0.25, 0.3) is 209 Å². The zero-order valence-corrected chi connectivity index (χ0v) is 58.3. The molecular formula is C102H60N6. The summed E-state index contributed by atoms with van der Waals surface area (Å²) < 4.78 is 4.66. The molecule has 0 aliphatic rings. The zero-order chi connectivity index (χ0) is 71.5. The van der Waals surface area contributed by atoms with Crippen LogP contribution in [0, 0.1) is 22.7 Å². The first kappa shape index (κ1) is 61.8. The van der Waals surface area contributed by atoms with Crippen LogP contribution in [0.15, 0.2) is 364 Å². The van der Waals surface area contributed by atoms with Crippen molar-refractivity contribution >= 4 is 108 Å². The molecule has 21 rings (SSSR count). The molecule has 4 aromatic heterocycles. The summed E-state index contributed by atoms with van der Waals surface area (Å²) in [6.07, 6.45) is 5.62. The van der Waals surface area contributed by atoms with Crippen molar-refractivity contribution < 1.29 is 0 Å². The van der Waals surface area contributed by atoms with E-state index in [2.05, 4.69) is 348 Å². The molecule has 6 heteroatoms. The highest BCUT2D eigenvalue weighted by Crippen LogP contribution is 2.51. The maximum atomic E-state index is 11.8. The summed E-state index contributed by atoms with van der Waals surface area (Å²) >= 11 is 0. The number of nitriles is 2. The third-order valence-corrected chi connectivity index (χ3v) is 22.3. The van der Waals surface area contributed by atoms with Gasteiger partial charge in [0.15, 0.2) is 0 Å². The Morgan fingerprint density at radius 1 is 0.231 bits per heavy atom. The van der Waals surface area contributed by atoms with Gasteiger partial charge in [0.2, 0.25) is 0 Å². The molecule has 17 aromatic carbocycles. The second-order valence-corrected chi connectivity index (χ2v) is 28.1. The van der Waals surface area contributed by atoms with Gasteiger partial charge in [0.05, 0.1) is 50.8 Å². The second-order valence-electron chi connectivity index (χ2n) is 28.1. The Hall–Kier alpha value is -14.8. The van der Waals surface area contributed by atoms with Gasteiger partial charge in [0.25, 0.3) is 0 Å². The van der Waals surface area contributed by atoms with Crippen LogP contribution >= 0.6 is 0 Å². The van der Waals surface area contributed by atoms with Crippen LogP contribution in [0.2, 0.25) is 0 Å². The van der Waals surface area contributed by atoms with Gasteiger partial charge in [0, 0.05) is 68.0 Å². The minimum atomic E-state index is 0.571. The Morgan fingerprint density at radius 2 is 0.657 bits per heavy atom. The smallest absolute Gasteiger partial charge is 0.0998 e. The topological polar surface area (TPSA) is 83.2 Å². The quantitative estimate of drug-likeness (QED) is 0.128. The van der Waals surface area contributed by atoms with Crippen molar-refractivity contribution in [3.05, 3.63) is 376 Å². The SMILES string of the molecule is N#Cc1ccc2c(c1)c1cc(-c3ccc4c(-c5cccc6ccccc56)c5ccc(-c6cc7c(cc6C#N)c6cc(-c8ccc9c(-c%10ccccc%10)c%10cc(-c%11ccncc%11)ccc%10c(-c%10ccccc%10)c9c8)ccc6n7-c6ccccc6)cc5c(-c5cccc6cccnc56)c4c3)ccc1n2-c1ccccc1. The number of rotatable bonds is 10. The molecule has 0 bridgehead atoms. The maximum Gasteiger partial charge on any atom is 0.0998 e. The van der Waals surface area contributed by atoms with E-state index in [9.17, 15) is 10.5 Å². The Bertz CT molecular complexity index is 7400. The first-order chi connectivity index (χ1) is 53.5. The van der Waals surface area contributed by atoms with Gasteiger partial charge in [-0.3, -0.25) is 9.97 Å². The van der Waals surface area contributed by atoms with Gasteiger partial charge in [-0.15, -0.1) is 0 Å². The Labute approximate surface area is 622 Å². The molecule has 0 aliphatic heterocycles. The van der Waals surface area contributed by atoms with E-state index in [0.717, 1.165) is 181 Å². The highest BCUT2D eigenvalue weighted by atomic mass is 15.0. The minimum absolute atomic E-state index is 0.571. The van der Waals surface area contributed by atoms with Crippen molar-refractivity contribution in [3.63, 3.8) is 0 Å². The van der Waals surface area contributed by atoms with Crippen molar-refractivity contribution in [2.75, 3.05) is 0 Å². The normalized spacial score (nSPS) is 11.7. The fourth-order valence-electron chi connectivity index (χ4n) is 17.4. The highest BCUT2D eigenvalue weighted by Gasteiger charge is 2.26. The molecule has 0 saturated heterocycles. The first-order valence-electron chi connectivity index (χ1n) is 36.5. The van der Waals surface area contributed by atoms with Crippen LogP contribution in [0.5, 0.6) is 0 Å². The van der Waals surface area contributed by atoms with Crippen LogP contribution in [0.3, 0.4) is 0 Å². The lowest BCUT2D eigenvalue weighted by Gasteiger charge is -2.21. The first-order valence-corrected chi connectivity index (χ1v) is 36.5. The Morgan fingerprint density at radius 3 is 1.24 bits per heavy atom. The van der Waals surface area contributed by atoms with Crippen LogP contribution in [0.1, 0.15) is 11.1 Å². The lowest BCUT2D eigenvalue weighted by atomic mass is 9.82. The summed E-state index contributed by atoms with van der Waals surface area (Å²) in [4.78, 5) is 9.55. The molecule has 21 aromatic rings. The van der Waals surface area contributed by atoms with Crippen molar-refractivity contribution in [1.29, 1.82) is 10.5 Å². The number of hydrogen-bond donors (Lipinski definition) is 0. The van der Waals surface area contributed by atoms with Gasteiger partial charge >= 0.3 is 0 Å². The predicted octanol–water partition coefficient (Wildman–Crippen LogP) is 26.7. The molecule has 0 spiro atoms. The Kier molecular flexibility index (Phi) is 14.3. The molecule has 498 valence electrons. The average molecular weight is 1370 g/mol. The third-order valence-electron chi connectivity index (χ3n) is 22.3. The number of para-hydroxylation sites is 3. The fraction of sp³-hybridized carbons (Fsp3) is 0. The largest absolute Gasteiger partial charge is 0.309 e. The van der Waals surface area contributed by atoms with Gasteiger partial charge in [-0.2, -0.15) is 10.5 Å². The summed E-state index contributed by atoms with van der Waals surface area (Å²) in [7, 11) is 0. The molecular weight excluding hydrogens is 1310 g/mol. The highest BCUT2D eigenvalue weighted by molar-refractivity contribution is 6.27. The van der Waals surface area contributed by atoms with Gasteiger partial charge in [-0.1, -0.05) is 224 Å². The van der Waals surface area contributed by atoms with Crippen molar-refractivity contribution in [3.8, 4) is 113 Å². The summed E-state index contributed by atoms with van der Waals surface area (Å²) in [6.45, 7) is 0. The van der Waals surface area contributed by atoms with E-state index in [0.29, 0.717) is 11.1 Å². The predicted molar refractivity (Wildman–Crippen MR) is 449 cm³/mol. The molecule has 0 atom stereocenters. The molecule has 0 fully saturated rings. The zero-order valence-electron chi connectivity index (χ0n) is 58.3. The third kappa shape index (κ3) is 9.86. The van der Waals surface area contributed by atoms with Crippen molar-refractivity contribution in [1.82, 2.24) is 19.1 Å². The maximum absolute atomic E-state index is 11.8. The monoisotopic (exact) mass is 1370 g/mol. The molecule has 0 N–H and O–H groups in total. The van der Waals surface area contributed by atoms with Crippen molar-refractivity contribution in [2.45, 2.75) is 0 Å². The second kappa shape index (κ2) is 25.0. The van der Waals surface area contributed by atoms with Gasteiger partial charge in [0.1, 0.15) is 0 Å². The number of benzene rings is 17. The number of aromatic nitrogens is 4. The minimum Gasteiger partial charge on any atom is -0.309 e. The van der Waals surface area contributed by atoms with E-state index < -0.39 is 0 Å². The molecule has 0 aliphatic carbocycles. The average Bonchev–Trinajstić information content (AvgIpc) is 0.996. The molecule has 0 saturated carbocycles. The van der Waals surface area contributed by atoms with Crippen LogP contribution in [-0.4, -0.2) is 19.1 Å². The lowest BCUT2D eigenvalue weighted by molar-refractivity contribution is 1.18. The standard InChI is InChI=1S/C102H60N6/c103-61-63-33-44-94-86(52-63)87-53-72(38-45-95(87)107(94)76-26-9-3-10-27-76)71-36-42-82-92(57-71)101(84-32-16-24-68-25-17-49-106-102(68)84)93-58-74(37-43-83(93)100(82)79-31-15-23-65-18-13-14-30-78(65)79)85-60-97-89(59-75(85)62-104)88-54-73(39-46-96(88)108(97)77-28-11-4-12-29-77)70-35-41-81-91(56-70)99(67-21-7-2-8-22-67)80-40-34-69(64-47-50-105-51-48-64)55-90(80)98(81)66-19-5-1-6-20-66/h1-60H. The van der Waals surface area contributed by atoms with E-state index in [1.54, 1.807) is 0 Å². The van der Waals surface area contributed by atoms with Crippen LogP contribution in [0.4, 0.5) is 0 Å². The number of fused-ring (bicyclic) bond motifs is 12. The lowest BCUT2D eigenvalue weighted by Crippen LogP contribution is -1.96. The summed E-state index contributed by atoms with van der Waals surface area (Å²) in [5, 5.41) is 38.5. The summed E-state index contributed by atoms with van der Waals surface area (Å²) in [5.74, 6) is 0.